The van der Waals surface area contributed by atoms with E-state index in [1.165, 1.54) is 12.4 Å². The Morgan fingerprint density at radius 2 is 1.77 bits per heavy atom. The molecule has 0 aliphatic carbocycles. The molecule has 0 bridgehead atoms. The van der Waals surface area contributed by atoms with Crippen LogP contribution in [0.2, 0.25) is 0 Å². The third kappa shape index (κ3) is 5.10. The Labute approximate surface area is 181 Å². The number of aromatic nitrogens is 2. The maximum absolute atomic E-state index is 11.7. The van der Waals surface area contributed by atoms with Gasteiger partial charge in [0.2, 0.25) is 5.95 Å². The number of anilines is 1. The van der Waals surface area contributed by atoms with Gasteiger partial charge in [0.25, 0.3) is 0 Å². The number of ether oxygens (including phenoxy) is 1. The van der Waals surface area contributed by atoms with Crippen molar-refractivity contribution in [1.82, 2.24) is 14.9 Å². The predicted octanol–water partition coefficient (Wildman–Crippen LogP) is 2.73. The fraction of sp³-hybridized carbons (Fsp3) is 0.348. The maximum Gasteiger partial charge on any atom is 0.341 e. The molecule has 3 heterocycles. The highest BCUT2D eigenvalue weighted by Gasteiger charge is 2.20. The van der Waals surface area contributed by atoms with Gasteiger partial charge in [0.1, 0.15) is 11.5 Å². The van der Waals surface area contributed by atoms with E-state index in [0.717, 1.165) is 55.4 Å². The Hall–Kier alpha value is -3.23. The quantitative estimate of drug-likeness (QED) is 0.581. The number of hydrogen-bond acceptors (Lipinski definition) is 8. The number of hydrogen-bond donors (Lipinski definition) is 1. The molecule has 162 valence electrons. The van der Waals surface area contributed by atoms with Crippen LogP contribution in [0.4, 0.5) is 5.95 Å². The van der Waals surface area contributed by atoms with Gasteiger partial charge in [0.15, 0.2) is 0 Å². The van der Waals surface area contributed by atoms with Crippen LogP contribution in [0.25, 0.3) is 11.3 Å². The summed E-state index contributed by atoms with van der Waals surface area (Å²) in [6, 6.07) is 11.7. The van der Waals surface area contributed by atoms with Crippen LogP contribution < -0.4 is 4.90 Å². The molecule has 0 atom stereocenters. The van der Waals surface area contributed by atoms with E-state index in [-0.39, 0.29) is 6.61 Å². The van der Waals surface area contributed by atoms with Gasteiger partial charge >= 0.3 is 5.97 Å². The highest BCUT2D eigenvalue weighted by atomic mass is 16.5. The Balaban J connectivity index is 1.30. The van der Waals surface area contributed by atoms with Crippen LogP contribution in [0, 0.1) is 0 Å². The average Bonchev–Trinajstić information content (AvgIpc) is 3.28. The van der Waals surface area contributed by atoms with Gasteiger partial charge in [-0.3, -0.25) is 4.90 Å². The molecule has 8 heteroatoms. The summed E-state index contributed by atoms with van der Waals surface area (Å²) in [5.41, 5.74) is 2.24. The summed E-state index contributed by atoms with van der Waals surface area (Å²) >= 11 is 0. The van der Waals surface area contributed by atoms with Crippen molar-refractivity contribution in [2.75, 3.05) is 37.7 Å². The first-order valence-electron chi connectivity index (χ1n) is 10.4. The third-order valence-electron chi connectivity index (χ3n) is 5.27. The van der Waals surface area contributed by atoms with Crippen LogP contribution in [0.3, 0.4) is 0 Å². The van der Waals surface area contributed by atoms with Crippen molar-refractivity contribution in [3.05, 3.63) is 65.7 Å². The van der Waals surface area contributed by atoms with Gasteiger partial charge in [-0.2, -0.15) is 0 Å². The molecule has 3 aromatic rings. The summed E-state index contributed by atoms with van der Waals surface area (Å²) in [5, 5.41) is 9.17. The first kappa shape index (κ1) is 21.0. The van der Waals surface area contributed by atoms with Crippen molar-refractivity contribution in [1.29, 1.82) is 0 Å². The number of rotatable bonds is 7. The molecular weight excluding hydrogens is 396 g/mol. The molecule has 0 spiro atoms. The molecule has 0 saturated carbocycles. The number of carbonyl (C=O) groups is 1. The standard InChI is InChI=1S/C23H26N4O4/c1-2-30-22(29)19-13-24-23(25-14-19)27-11-9-26(10-12-27)15-20-7-8-21(31-20)18-5-3-17(16-28)4-6-18/h3-8,13-14,28H,2,9-12,15-16H2,1H3. The number of esters is 1. The Kier molecular flexibility index (Phi) is 6.59. The second-order valence-corrected chi connectivity index (χ2v) is 7.38. The molecule has 1 aliphatic rings. The van der Waals surface area contributed by atoms with Gasteiger partial charge < -0.3 is 19.2 Å². The van der Waals surface area contributed by atoms with Crippen LogP contribution in [0.5, 0.6) is 0 Å². The number of benzene rings is 1. The summed E-state index contributed by atoms with van der Waals surface area (Å²) in [5.74, 6) is 1.97. The minimum Gasteiger partial charge on any atom is -0.462 e. The van der Waals surface area contributed by atoms with Crippen molar-refractivity contribution in [2.45, 2.75) is 20.1 Å². The predicted molar refractivity (Wildman–Crippen MR) is 116 cm³/mol. The van der Waals surface area contributed by atoms with E-state index in [0.29, 0.717) is 18.1 Å². The minimum absolute atomic E-state index is 0.0379. The van der Waals surface area contributed by atoms with Gasteiger partial charge in [0.05, 0.1) is 25.3 Å². The van der Waals surface area contributed by atoms with E-state index in [9.17, 15) is 9.90 Å². The second kappa shape index (κ2) is 9.72. The molecule has 1 aromatic carbocycles. The number of nitrogens with zero attached hydrogens (tertiary/aromatic N) is 4. The lowest BCUT2D eigenvalue weighted by atomic mass is 10.1. The van der Waals surface area contributed by atoms with Crippen molar-refractivity contribution >= 4 is 11.9 Å². The average molecular weight is 422 g/mol. The summed E-state index contributed by atoms with van der Waals surface area (Å²) in [6.07, 6.45) is 3.04. The van der Waals surface area contributed by atoms with Crippen LogP contribution in [-0.2, 0) is 17.9 Å². The van der Waals surface area contributed by atoms with Crippen LogP contribution in [-0.4, -0.2) is 58.7 Å². The summed E-state index contributed by atoms with van der Waals surface area (Å²) in [6.45, 7) is 6.21. The number of aliphatic hydroxyl groups is 1. The van der Waals surface area contributed by atoms with Gasteiger partial charge in [-0.15, -0.1) is 0 Å². The van der Waals surface area contributed by atoms with Crippen molar-refractivity contribution in [3.8, 4) is 11.3 Å². The molecule has 0 radical (unpaired) electrons. The van der Waals surface area contributed by atoms with E-state index >= 15 is 0 Å². The fourth-order valence-corrected chi connectivity index (χ4v) is 3.52. The van der Waals surface area contributed by atoms with Crippen molar-refractivity contribution in [2.24, 2.45) is 0 Å². The largest absolute Gasteiger partial charge is 0.462 e. The van der Waals surface area contributed by atoms with Gasteiger partial charge in [-0.1, -0.05) is 24.3 Å². The van der Waals surface area contributed by atoms with Crippen LogP contribution >= 0.6 is 0 Å². The topological polar surface area (TPSA) is 91.9 Å². The normalized spacial score (nSPS) is 14.6. The van der Waals surface area contributed by atoms with Crippen molar-refractivity contribution in [3.63, 3.8) is 0 Å². The summed E-state index contributed by atoms with van der Waals surface area (Å²) < 4.78 is 11.0. The van der Waals surface area contributed by atoms with Crippen LogP contribution in [0.15, 0.2) is 53.2 Å². The van der Waals surface area contributed by atoms with E-state index in [4.69, 9.17) is 9.15 Å². The molecular formula is C23H26N4O4. The van der Waals surface area contributed by atoms with E-state index in [1.54, 1.807) is 6.92 Å². The maximum atomic E-state index is 11.7. The highest BCUT2D eigenvalue weighted by molar-refractivity contribution is 5.88. The Morgan fingerprint density at radius 3 is 2.42 bits per heavy atom. The molecule has 8 nitrogen and oxygen atoms in total. The van der Waals surface area contributed by atoms with E-state index in [2.05, 4.69) is 19.8 Å². The number of piperazine rings is 1. The zero-order chi connectivity index (χ0) is 21.6. The Bertz CT molecular complexity index is 993. The molecule has 0 unspecified atom stereocenters. The first-order valence-corrected chi connectivity index (χ1v) is 10.4. The van der Waals surface area contributed by atoms with Gasteiger partial charge in [-0.25, -0.2) is 14.8 Å². The SMILES string of the molecule is CCOC(=O)c1cnc(N2CCN(Cc3ccc(-c4ccc(CO)cc4)o3)CC2)nc1. The first-order chi connectivity index (χ1) is 15.2. The van der Waals surface area contributed by atoms with Gasteiger partial charge in [0, 0.05) is 44.1 Å². The lowest BCUT2D eigenvalue weighted by Crippen LogP contribution is -2.46. The van der Waals surface area contributed by atoms with Gasteiger partial charge in [-0.05, 0) is 24.6 Å². The Morgan fingerprint density at radius 1 is 1.06 bits per heavy atom. The lowest BCUT2D eigenvalue weighted by Gasteiger charge is -2.34. The number of carbonyl (C=O) groups excluding carboxylic acids is 1. The summed E-state index contributed by atoms with van der Waals surface area (Å²) in [7, 11) is 0. The smallest absolute Gasteiger partial charge is 0.341 e. The minimum atomic E-state index is -0.402. The molecule has 4 rings (SSSR count). The molecule has 1 saturated heterocycles. The molecule has 1 fully saturated rings. The lowest BCUT2D eigenvalue weighted by molar-refractivity contribution is 0.0525. The zero-order valence-electron chi connectivity index (χ0n) is 17.5. The number of aliphatic hydroxyl groups excluding tert-OH is 1. The van der Waals surface area contributed by atoms with E-state index < -0.39 is 5.97 Å². The van der Waals surface area contributed by atoms with E-state index in [1.807, 2.05) is 36.4 Å². The second-order valence-electron chi connectivity index (χ2n) is 7.38. The molecule has 1 N–H and O–H groups in total. The zero-order valence-corrected chi connectivity index (χ0v) is 17.5. The number of furan rings is 1. The molecule has 31 heavy (non-hydrogen) atoms. The highest BCUT2D eigenvalue weighted by Crippen LogP contribution is 2.24. The monoisotopic (exact) mass is 422 g/mol. The van der Waals surface area contributed by atoms with Crippen LogP contribution in [0.1, 0.15) is 28.6 Å². The summed E-state index contributed by atoms with van der Waals surface area (Å²) in [4.78, 5) is 24.8. The third-order valence-corrected chi connectivity index (χ3v) is 5.27. The molecule has 2 aromatic heterocycles. The molecule has 1 aliphatic heterocycles. The fourth-order valence-electron chi connectivity index (χ4n) is 3.52. The van der Waals surface area contributed by atoms with Crippen molar-refractivity contribution < 1.29 is 19.1 Å². The molecule has 0 amide bonds.